The first-order valence-corrected chi connectivity index (χ1v) is 7.77. The van der Waals surface area contributed by atoms with E-state index in [2.05, 4.69) is 0 Å². The van der Waals surface area contributed by atoms with Gasteiger partial charge in [-0.15, -0.1) is 0 Å². The Balaban J connectivity index is 2.10. The van der Waals surface area contributed by atoms with Crippen molar-refractivity contribution in [1.82, 2.24) is 0 Å². The van der Waals surface area contributed by atoms with Crippen LogP contribution in [0.1, 0.15) is 24.1 Å². The van der Waals surface area contributed by atoms with Gasteiger partial charge in [0.05, 0.1) is 27.4 Å². The zero-order valence-electron chi connectivity index (χ0n) is 14.3. The molecule has 0 fully saturated rings. The molecule has 0 aliphatic carbocycles. The summed E-state index contributed by atoms with van der Waals surface area (Å²) in [6.45, 7) is 1.58. The number of carbonyl (C=O) groups excluding carboxylic acids is 1. The zero-order chi connectivity index (χ0) is 17.3. The number of ether oxygens (including phenoxy) is 3. The monoisotopic (exact) mass is 327 g/mol. The molecule has 0 spiro atoms. The van der Waals surface area contributed by atoms with Gasteiger partial charge in [-0.1, -0.05) is 0 Å². The Labute approximate surface area is 141 Å². The van der Waals surface area contributed by atoms with E-state index in [-0.39, 0.29) is 11.9 Å². The van der Waals surface area contributed by atoms with Gasteiger partial charge in [-0.05, 0) is 48.4 Å². The lowest BCUT2D eigenvalue weighted by Crippen LogP contribution is -2.30. The normalized spacial score (nSPS) is 15.8. The van der Waals surface area contributed by atoms with Gasteiger partial charge >= 0.3 is 0 Å². The maximum atomic E-state index is 12.3. The summed E-state index contributed by atoms with van der Waals surface area (Å²) in [5.41, 5.74) is 2.93. The van der Waals surface area contributed by atoms with E-state index in [1.807, 2.05) is 41.3 Å². The highest BCUT2D eigenvalue weighted by Crippen LogP contribution is 2.45. The first-order chi connectivity index (χ1) is 11.6. The lowest BCUT2D eigenvalue weighted by atomic mass is 10.0. The number of methoxy groups -OCH3 is 3. The molecule has 0 saturated carbocycles. The number of nitrogens with zero attached hydrogens (tertiary/aromatic N) is 1. The van der Waals surface area contributed by atoms with Crippen molar-refractivity contribution in [2.75, 3.05) is 26.2 Å². The molecule has 2 aromatic carbocycles. The van der Waals surface area contributed by atoms with E-state index in [1.165, 1.54) is 0 Å². The van der Waals surface area contributed by atoms with E-state index in [0.717, 1.165) is 34.1 Å². The highest BCUT2D eigenvalue weighted by atomic mass is 16.5. The number of benzene rings is 2. The van der Waals surface area contributed by atoms with Crippen molar-refractivity contribution in [2.45, 2.75) is 19.4 Å². The predicted octanol–water partition coefficient (Wildman–Crippen LogP) is 3.36. The number of fused-ring (bicyclic) bond motifs is 1. The van der Waals surface area contributed by atoms with Crippen LogP contribution in [0.15, 0.2) is 36.4 Å². The van der Waals surface area contributed by atoms with Crippen molar-refractivity contribution in [3.63, 3.8) is 0 Å². The molecule has 1 atom stereocenters. The highest BCUT2D eigenvalue weighted by Gasteiger charge is 2.35. The molecule has 1 aliphatic heterocycles. The quantitative estimate of drug-likeness (QED) is 0.864. The molecule has 0 bridgehead atoms. The first kappa shape index (κ1) is 16.2. The average Bonchev–Trinajstić information content (AvgIpc) is 2.99. The first-order valence-electron chi connectivity index (χ1n) is 7.77. The third kappa shape index (κ3) is 2.66. The second-order valence-corrected chi connectivity index (χ2v) is 5.71. The number of amides is 1. The van der Waals surface area contributed by atoms with Gasteiger partial charge in [-0.25, -0.2) is 0 Å². The summed E-state index contributed by atoms with van der Waals surface area (Å²) in [4.78, 5) is 14.1. The van der Waals surface area contributed by atoms with Crippen molar-refractivity contribution >= 4 is 11.6 Å². The van der Waals surface area contributed by atoms with Crippen LogP contribution in [0.5, 0.6) is 17.2 Å². The summed E-state index contributed by atoms with van der Waals surface area (Å²) < 4.78 is 16.2. The maximum Gasteiger partial charge on any atom is 0.224 e. The van der Waals surface area contributed by atoms with Crippen LogP contribution in [-0.2, 0) is 11.2 Å². The van der Waals surface area contributed by atoms with Gasteiger partial charge in [-0.2, -0.15) is 0 Å². The van der Waals surface area contributed by atoms with Gasteiger partial charge in [0.1, 0.15) is 17.2 Å². The molecular weight excluding hydrogens is 306 g/mol. The Morgan fingerprint density at radius 2 is 1.67 bits per heavy atom. The van der Waals surface area contributed by atoms with Crippen LogP contribution in [0, 0.1) is 0 Å². The third-order valence-electron chi connectivity index (χ3n) is 4.41. The van der Waals surface area contributed by atoms with Gasteiger partial charge in [0.2, 0.25) is 5.91 Å². The van der Waals surface area contributed by atoms with Crippen LogP contribution >= 0.6 is 0 Å². The number of rotatable bonds is 4. The van der Waals surface area contributed by atoms with Crippen LogP contribution in [0.25, 0.3) is 0 Å². The van der Waals surface area contributed by atoms with Crippen molar-refractivity contribution in [3.8, 4) is 17.2 Å². The SMILES string of the molecule is COc1ccc2c(c1)CC(c1cc(OC)ccc1OC)N2C(C)=O. The standard InChI is InChI=1S/C19H21NO4/c1-12(21)20-17-7-5-14(22-2)9-13(17)10-18(20)16-11-15(23-3)6-8-19(16)24-4/h5-9,11,18H,10H2,1-4H3. The molecule has 5 heteroatoms. The van der Waals surface area contributed by atoms with E-state index in [9.17, 15) is 4.79 Å². The second kappa shape index (κ2) is 6.43. The molecule has 3 rings (SSSR count). The van der Waals surface area contributed by atoms with Gasteiger partial charge in [0.25, 0.3) is 0 Å². The topological polar surface area (TPSA) is 48.0 Å². The zero-order valence-corrected chi connectivity index (χ0v) is 14.3. The Morgan fingerprint density at radius 3 is 2.29 bits per heavy atom. The van der Waals surface area contributed by atoms with E-state index >= 15 is 0 Å². The van der Waals surface area contributed by atoms with Gasteiger partial charge in [0, 0.05) is 18.2 Å². The number of hydrogen-bond donors (Lipinski definition) is 0. The molecule has 0 saturated heterocycles. The molecule has 126 valence electrons. The summed E-state index contributed by atoms with van der Waals surface area (Å²) in [5, 5.41) is 0. The molecule has 0 aromatic heterocycles. The molecule has 1 heterocycles. The van der Waals surface area contributed by atoms with E-state index in [1.54, 1.807) is 28.3 Å². The molecule has 1 aliphatic rings. The molecule has 0 radical (unpaired) electrons. The average molecular weight is 327 g/mol. The summed E-state index contributed by atoms with van der Waals surface area (Å²) in [6, 6.07) is 11.3. The Kier molecular flexibility index (Phi) is 4.34. The third-order valence-corrected chi connectivity index (χ3v) is 4.41. The fraction of sp³-hybridized carbons (Fsp3) is 0.316. The van der Waals surface area contributed by atoms with Crippen molar-refractivity contribution in [3.05, 3.63) is 47.5 Å². The Morgan fingerprint density at radius 1 is 1.00 bits per heavy atom. The lowest BCUT2D eigenvalue weighted by molar-refractivity contribution is -0.116. The van der Waals surface area contributed by atoms with Crippen molar-refractivity contribution in [1.29, 1.82) is 0 Å². The van der Waals surface area contributed by atoms with E-state index < -0.39 is 0 Å². The molecule has 1 amide bonds. The molecule has 2 aromatic rings. The van der Waals surface area contributed by atoms with Crippen LogP contribution in [0.4, 0.5) is 5.69 Å². The molecule has 1 unspecified atom stereocenters. The minimum Gasteiger partial charge on any atom is -0.497 e. The fourth-order valence-electron chi connectivity index (χ4n) is 3.29. The van der Waals surface area contributed by atoms with Crippen molar-refractivity contribution in [2.24, 2.45) is 0 Å². The number of anilines is 1. The number of hydrogen-bond acceptors (Lipinski definition) is 4. The van der Waals surface area contributed by atoms with Crippen molar-refractivity contribution < 1.29 is 19.0 Å². The van der Waals surface area contributed by atoms with Gasteiger partial charge < -0.3 is 19.1 Å². The number of carbonyl (C=O) groups is 1. The Hall–Kier alpha value is -2.69. The van der Waals surface area contributed by atoms with Gasteiger partial charge in [-0.3, -0.25) is 4.79 Å². The second-order valence-electron chi connectivity index (χ2n) is 5.71. The summed E-state index contributed by atoms with van der Waals surface area (Å²) >= 11 is 0. The van der Waals surface area contributed by atoms with Crippen LogP contribution in [0.3, 0.4) is 0 Å². The van der Waals surface area contributed by atoms with Gasteiger partial charge in [0.15, 0.2) is 0 Å². The Bertz CT molecular complexity index is 772. The summed E-state index contributed by atoms with van der Waals surface area (Å²) in [5.74, 6) is 2.26. The molecule has 24 heavy (non-hydrogen) atoms. The smallest absolute Gasteiger partial charge is 0.224 e. The van der Waals surface area contributed by atoms with Crippen LogP contribution < -0.4 is 19.1 Å². The fourth-order valence-corrected chi connectivity index (χ4v) is 3.29. The maximum absolute atomic E-state index is 12.3. The predicted molar refractivity (Wildman–Crippen MR) is 92.1 cm³/mol. The minimum atomic E-state index is -0.130. The van der Waals surface area contributed by atoms with Crippen LogP contribution in [0.2, 0.25) is 0 Å². The minimum absolute atomic E-state index is 0.00575. The lowest BCUT2D eigenvalue weighted by Gasteiger charge is -2.26. The molecular formula is C19H21NO4. The highest BCUT2D eigenvalue weighted by molar-refractivity contribution is 5.95. The van der Waals surface area contributed by atoms with Crippen LogP contribution in [-0.4, -0.2) is 27.2 Å². The molecule has 5 nitrogen and oxygen atoms in total. The van der Waals surface area contributed by atoms with E-state index in [4.69, 9.17) is 14.2 Å². The molecule has 0 N–H and O–H groups in total. The van der Waals surface area contributed by atoms with E-state index in [0.29, 0.717) is 6.42 Å². The largest absolute Gasteiger partial charge is 0.497 e. The summed E-state index contributed by atoms with van der Waals surface area (Å²) in [6.07, 6.45) is 0.704. The summed E-state index contributed by atoms with van der Waals surface area (Å²) in [7, 11) is 4.90.